The summed E-state index contributed by atoms with van der Waals surface area (Å²) in [4.78, 5) is 25.9. The van der Waals surface area contributed by atoms with Gasteiger partial charge in [-0.15, -0.1) is 0 Å². The molecule has 5 rings (SSSR count). The molecule has 0 bridgehead atoms. The summed E-state index contributed by atoms with van der Waals surface area (Å²) in [6, 6.07) is 0. The van der Waals surface area contributed by atoms with Crippen molar-refractivity contribution in [1.29, 1.82) is 0 Å². The van der Waals surface area contributed by atoms with Crippen molar-refractivity contribution >= 4 is 11.7 Å². The van der Waals surface area contributed by atoms with Gasteiger partial charge < -0.3 is 5.73 Å². The zero-order valence-electron chi connectivity index (χ0n) is 22.1. The van der Waals surface area contributed by atoms with Crippen LogP contribution in [0.5, 0.6) is 0 Å². The topological polar surface area (TPSA) is 60.2 Å². The minimum absolute atomic E-state index is 0.0474. The van der Waals surface area contributed by atoms with Gasteiger partial charge in [0.05, 0.1) is 5.41 Å². The Morgan fingerprint density at radius 3 is 2.21 bits per heavy atom. The Balaban J connectivity index is 1.57. The molecule has 0 heterocycles. The van der Waals surface area contributed by atoms with Crippen LogP contribution >= 0.6 is 0 Å². The van der Waals surface area contributed by atoms with E-state index in [4.69, 9.17) is 5.73 Å². The van der Waals surface area contributed by atoms with Crippen LogP contribution in [0.15, 0.2) is 12.2 Å². The van der Waals surface area contributed by atoms with Crippen LogP contribution in [0.25, 0.3) is 0 Å². The number of allylic oxidation sites excluding steroid dienone is 1. The Bertz CT molecular complexity index is 905. The van der Waals surface area contributed by atoms with Crippen molar-refractivity contribution in [2.24, 2.45) is 62.4 Å². The van der Waals surface area contributed by atoms with E-state index in [1.807, 2.05) is 0 Å². The highest BCUT2D eigenvalue weighted by Gasteiger charge is 2.71. The molecule has 0 saturated heterocycles. The number of amides is 1. The lowest BCUT2D eigenvalue weighted by atomic mass is 9.32. The Morgan fingerprint density at radius 1 is 0.879 bits per heavy atom. The van der Waals surface area contributed by atoms with Crippen LogP contribution < -0.4 is 5.73 Å². The van der Waals surface area contributed by atoms with Crippen molar-refractivity contribution in [2.45, 2.75) is 106 Å². The van der Waals surface area contributed by atoms with Crippen LogP contribution in [0, 0.1) is 56.7 Å². The molecule has 3 heteroatoms. The van der Waals surface area contributed by atoms with Gasteiger partial charge in [-0.25, -0.2) is 0 Å². The molecule has 1 amide bonds. The van der Waals surface area contributed by atoms with Crippen LogP contribution in [0.4, 0.5) is 0 Å². The van der Waals surface area contributed by atoms with Gasteiger partial charge in [0.15, 0.2) is 0 Å². The third-order valence-corrected chi connectivity index (χ3v) is 13.3. The molecule has 3 nitrogen and oxygen atoms in total. The largest absolute Gasteiger partial charge is 0.369 e. The fourth-order valence-electron chi connectivity index (χ4n) is 11.4. The molecule has 0 aromatic heterocycles. The predicted octanol–water partition coefficient (Wildman–Crippen LogP) is 6.70. The standard InChI is InChI=1S/C30H47NO2/c1-18(2)19-10-15-30(25(31)33)17-16-28(6)20(24(19)30)8-9-22-27(5)13-12-23(32)26(3,4)21(27)11-14-29(22,28)7/h19-22,24H,1,8-17H2,2-7H3,(H2,31,33)/t19-,20?,21?,22+,24?,27-,28-,29+,30-/m0/s1. The van der Waals surface area contributed by atoms with Crippen LogP contribution in [-0.2, 0) is 9.59 Å². The normalized spacial score (nSPS) is 52.8. The minimum atomic E-state index is -0.322. The van der Waals surface area contributed by atoms with E-state index in [2.05, 4.69) is 48.1 Å². The number of nitrogens with two attached hydrogens (primary N) is 1. The number of ketones is 1. The van der Waals surface area contributed by atoms with E-state index in [0.717, 1.165) is 38.5 Å². The fraction of sp³-hybridized carbons (Fsp3) is 0.867. The second kappa shape index (κ2) is 6.97. The molecule has 33 heavy (non-hydrogen) atoms. The SMILES string of the molecule is C=C(C)[C@@H]1CC[C@]2(C(N)=O)CC[C@@]3(C)C(CC[C@@H]4[C@@]5(C)CCC(=O)C(C)(C)C5CC[C@]43C)C12. The zero-order chi connectivity index (χ0) is 24.2. The van der Waals surface area contributed by atoms with Crippen LogP contribution in [-0.4, -0.2) is 11.7 Å². The molecular formula is C30H47NO2. The van der Waals surface area contributed by atoms with Crippen molar-refractivity contribution in [3.8, 4) is 0 Å². The number of hydrogen-bond donors (Lipinski definition) is 1. The van der Waals surface area contributed by atoms with Crippen molar-refractivity contribution in [3.63, 3.8) is 0 Å². The number of carbonyl (C=O) groups excluding carboxylic acids is 2. The average Bonchev–Trinajstić information content (AvgIpc) is 3.13. The fourth-order valence-corrected chi connectivity index (χ4v) is 11.4. The second-order valence-electron chi connectivity index (χ2n) is 14.4. The average molecular weight is 454 g/mol. The third-order valence-electron chi connectivity index (χ3n) is 13.3. The number of hydrogen-bond acceptors (Lipinski definition) is 2. The summed E-state index contributed by atoms with van der Waals surface area (Å²) in [6.45, 7) is 18.8. The highest BCUT2D eigenvalue weighted by atomic mass is 16.1. The van der Waals surface area contributed by atoms with Gasteiger partial charge in [0.25, 0.3) is 0 Å². The van der Waals surface area contributed by atoms with E-state index < -0.39 is 0 Å². The van der Waals surface area contributed by atoms with Crippen molar-refractivity contribution in [2.75, 3.05) is 0 Å². The molecule has 0 aromatic rings. The molecule has 0 spiro atoms. The van der Waals surface area contributed by atoms with Crippen LogP contribution in [0.3, 0.4) is 0 Å². The quantitative estimate of drug-likeness (QED) is 0.473. The van der Waals surface area contributed by atoms with Crippen molar-refractivity contribution in [1.82, 2.24) is 0 Å². The summed E-state index contributed by atoms with van der Waals surface area (Å²) in [6.07, 6.45) is 10.7. The van der Waals surface area contributed by atoms with Gasteiger partial charge in [0.1, 0.15) is 5.78 Å². The lowest BCUT2D eigenvalue weighted by molar-refractivity contribution is -0.232. The second-order valence-corrected chi connectivity index (χ2v) is 14.4. The minimum Gasteiger partial charge on any atom is -0.369 e. The molecule has 5 aliphatic carbocycles. The molecule has 9 atom stereocenters. The third kappa shape index (κ3) is 2.69. The maximum absolute atomic E-state index is 13.0. The van der Waals surface area contributed by atoms with Crippen molar-refractivity contribution in [3.05, 3.63) is 12.2 Å². The van der Waals surface area contributed by atoms with Gasteiger partial charge in [0.2, 0.25) is 5.91 Å². The van der Waals surface area contributed by atoms with Crippen molar-refractivity contribution < 1.29 is 9.59 Å². The summed E-state index contributed by atoms with van der Waals surface area (Å²) >= 11 is 0. The summed E-state index contributed by atoms with van der Waals surface area (Å²) in [5.41, 5.74) is 7.63. The zero-order valence-corrected chi connectivity index (χ0v) is 22.1. The van der Waals surface area contributed by atoms with E-state index in [0.29, 0.717) is 35.4 Å². The van der Waals surface area contributed by atoms with Gasteiger partial charge in [-0.1, -0.05) is 46.8 Å². The lowest BCUT2D eigenvalue weighted by Gasteiger charge is -2.72. The molecule has 5 saturated carbocycles. The summed E-state index contributed by atoms with van der Waals surface area (Å²) in [5, 5.41) is 0. The van der Waals surface area contributed by atoms with E-state index in [1.165, 1.54) is 31.3 Å². The molecule has 5 fully saturated rings. The maximum Gasteiger partial charge on any atom is 0.223 e. The van der Waals surface area contributed by atoms with Gasteiger partial charge in [0, 0.05) is 11.8 Å². The molecule has 0 aromatic carbocycles. The number of Topliss-reactive ketones (excluding diaryl/α,β-unsaturated/α-hetero) is 1. The van der Waals surface area contributed by atoms with E-state index in [9.17, 15) is 9.59 Å². The molecule has 5 aliphatic rings. The first kappa shape index (κ1) is 23.6. The van der Waals surface area contributed by atoms with Crippen LogP contribution in [0.2, 0.25) is 0 Å². The van der Waals surface area contributed by atoms with E-state index >= 15 is 0 Å². The maximum atomic E-state index is 13.0. The Morgan fingerprint density at radius 2 is 1.58 bits per heavy atom. The summed E-state index contributed by atoms with van der Waals surface area (Å²) in [5.74, 6) is 2.92. The van der Waals surface area contributed by atoms with Gasteiger partial charge in [-0.3, -0.25) is 9.59 Å². The first-order chi connectivity index (χ1) is 15.3. The number of carbonyl (C=O) groups is 2. The first-order valence-corrected chi connectivity index (χ1v) is 13.7. The molecule has 0 radical (unpaired) electrons. The van der Waals surface area contributed by atoms with E-state index in [1.54, 1.807) is 0 Å². The highest BCUT2D eigenvalue weighted by Crippen LogP contribution is 2.77. The molecule has 0 aliphatic heterocycles. The summed E-state index contributed by atoms with van der Waals surface area (Å²) in [7, 11) is 0. The number of rotatable bonds is 2. The first-order valence-electron chi connectivity index (χ1n) is 13.7. The smallest absolute Gasteiger partial charge is 0.223 e. The molecule has 2 N–H and O–H groups in total. The highest BCUT2D eigenvalue weighted by molar-refractivity contribution is 5.85. The molecular weight excluding hydrogens is 406 g/mol. The molecule has 3 unspecified atom stereocenters. The Hall–Kier alpha value is -1.12. The monoisotopic (exact) mass is 453 g/mol. The van der Waals surface area contributed by atoms with Gasteiger partial charge >= 0.3 is 0 Å². The summed E-state index contributed by atoms with van der Waals surface area (Å²) < 4.78 is 0. The van der Waals surface area contributed by atoms with Gasteiger partial charge in [-0.05, 0) is 111 Å². The van der Waals surface area contributed by atoms with Crippen LogP contribution in [0.1, 0.15) is 106 Å². The van der Waals surface area contributed by atoms with E-state index in [-0.39, 0.29) is 33.0 Å². The Kier molecular flexibility index (Phi) is 4.99. The number of primary amides is 1. The number of fused-ring (bicyclic) bond motifs is 7. The predicted molar refractivity (Wildman–Crippen MR) is 133 cm³/mol. The lowest BCUT2D eigenvalue weighted by Crippen LogP contribution is -2.67. The van der Waals surface area contributed by atoms with Gasteiger partial charge in [-0.2, -0.15) is 0 Å². The Labute approximate surface area is 201 Å². The molecule has 184 valence electrons.